The van der Waals surface area contributed by atoms with Gasteiger partial charge in [0, 0.05) is 18.9 Å². The summed E-state index contributed by atoms with van der Waals surface area (Å²) in [5, 5.41) is 3.32. The number of aryl methyl sites for hydroxylation is 1. The molecule has 0 saturated carbocycles. The fraction of sp³-hybridized carbons (Fsp3) is 0.400. The van der Waals surface area contributed by atoms with Gasteiger partial charge in [-0.05, 0) is 38.6 Å². The molecule has 2 aromatic rings. The molecule has 0 radical (unpaired) electrons. The van der Waals surface area contributed by atoms with E-state index in [1.54, 1.807) is 0 Å². The van der Waals surface area contributed by atoms with Gasteiger partial charge >= 0.3 is 0 Å². The van der Waals surface area contributed by atoms with Crippen molar-refractivity contribution in [3.63, 3.8) is 0 Å². The third-order valence-electron chi connectivity index (χ3n) is 3.16. The number of imidazole rings is 1. The number of ether oxygens (including phenoxy) is 1. The third-order valence-corrected chi connectivity index (χ3v) is 3.16. The predicted octanol–water partition coefficient (Wildman–Crippen LogP) is 2.61. The van der Waals surface area contributed by atoms with Crippen LogP contribution >= 0.6 is 0 Å². The Bertz CT molecular complexity index is 504. The highest BCUT2D eigenvalue weighted by molar-refractivity contribution is 5.32. The predicted molar refractivity (Wildman–Crippen MR) is 76.4 cm³/mol. The molecule has 0 spiro atoms. The van der Waals surface area contributed by atoms with Gasteiger partial charge in [0.1, 0.15) is 11.6 Å². The maximum absolute atomic E-state index is 5.47. The van der Waals surface area contributed by atoms with E-state index in [-0.39, 0.29) is 6.04 Å². The molecule has 0 bridgehead atoms. The van der Waals surface area contributed by atoms with Crippen molar-refractivity contribution in [3.8, 4) is 5.75 Å². The van der Waals surface area contributed by atoms with Gasteiger partial charge in [0.15, 0.2) is 0 Å². The molecule has 1 heterocycles. The molecule has 0 fully saturated rings. The van der Waals surface area contributed by atoms with Crippen LogP contribution in [0.2, 0.25) is 0 Å². The molecule has 1 N–H and O–H groups in total. The van der Waals surface area contributed by atoms with Crippen LogP contribution in [0.4, 0.5) is 0 Å². The molecule has 4 heteroatoms. The van der Waals surface area contributed by atoms with Crippen molar-refractivity contribution in [3.05, 3.63) is 48.0 Å². The van der Waals surface area contributed by atoms with Crippen LogP contribution in [0, 0.1) is 0 Å². The van der Waals surface area contributed by atoms with Gasteiger partial charge in [0.25, 0.3) is 0 Å². The highest BCUT2D eigenvalue weighted by atomic mass is 16.5. The lowest BCUT2D eigenvalue weighted by Crippen LogP contribution is -2.21. The van der Waals surface area contributed by atoms with Crippen molar-refractivity contribution in [2.75, 3.05) is 13.7 Å². The van der Waals surface area contributed by atoms with Crippen LogP contribution in [0.25, 0.3) is 0 Å². The average Bonchev–Trinajstić information content (AvgIpc) is 2.90. The van der Waals surface area contributed by atoms with E-state index in [1.165, 1.54) is 5.56 Å². The van der Waals surface area contributed by atoms with Crippen molar-refractivity contribution < 1.29 is 4.74 Å². The van der Waals surface area contributed by atoms with Crippen LogP contribution in [0.15, 0.2) is 36.7 Å². The second-order valence-electron chi connectivity index (χ2n) is 4.30. The minimum absolute atomic E-state index is 0.102. The number of nitrogens with zero attached hydrogens (tertiary/aromatic N) is 2. The summed E-state index contributed by atoms with van der Waals surface area (Å²) < 4.78 is 7.62. The normalized spacial score (nSPS) is 12.4. The first-order valence-electron chi connectivity index (χ1n) is 6.71. The quantitative estimate of drug-likeness (QED) is 0.866. The summed E-state index contributed by atoms with van der Waals surface area (Å²) >= 11 is 0. The van der Waals surface area contributed by atoms with Crippen LogP contribution in [0.3, 0.4) is 0 Å². The highest BCUT2D eigenvalue weighted by Gasteiger charge is 2.16. The van der Waals surface area contributed by atoms with Crippen molar-refractivity contribution >= 4 is 0 Å². The SMILES string of the molecule is CCOc1ccc(C(NC)c2nccn2CC)cc1. The Morgan fingerprint density at radius 3 is 2.58 bits per heavy atom. The van der Waals surface area contributed by atoms with Gasteiger partial charge < -0.3 is 14.6 Å². The van der Waals surface area contributed by atoms with Gasteiger partial charge in [-0.15, -0.1) is 0 Å². The van der Waals surface area contributed by atoms with Gasteiger partial charge in [-0.25, -0.2) is 4.98 Å². The summed E-state index contributed by atoms with van der Waals surface area (Å²) in [5.41, 5.74) is 1.19. The number of aromatic nitrogens is 2. The smallest absolute Gasteiger partial charge is 0.130 e. The summed E-state index contributed by atoms with van der Waals surface area (Å²) in [6.45, 7) is 5.72. The Morgan fingerprint density at radius 1 is 1.26 bits per heavy atom. The lowest BCUT2D eigenvalue weighted by atomic mass is 10.1. The number of hydrogen-bond acceptors (Lipinski definition) is 3. The number of hydrogen-bond donors (Lipinski definition) is 1. The van der Waals surface area contributed by atoms with E-state index in [2.05, 4.69) is 33.9 Å². The Kier molecular flexibility index (Phi) is 4.58. The van der Waals surface area contributed by atoms with E-state index < -0.39 is 0 Å². The fourth-order valence-electron chi connectivity index (χ4n) is 2.22. The first kappa shape index (κ1) is 13.6. The minimum Gasteiger partial charge on any atom is -0.494 e. The van der Waals surface area contributed by atoms with Crippen molar-refractivity contribution in [1.29, 1.82) is 0 Å². The average molecular weight is 259 g/mol. The van der Waals surface area contributed by atoms with Crippen molar-refractivity contribution in [2.24, 2.45) is 0 Å². The molecule has 4 nitrogen and oxygen atoms in total. The molecule has 1 aromatic carbocycles. The molecular weight excluding hydrogens is 238 g/mol. The molecule has 102 valence electrons. The molecule has 0 amide bonds. The molecule has 1 atom stereocenters. The summed E-state index contributed by atoms with van der Waals surface area (Å²) in [7, 11) is 1.95. The van der Waals surface area contributed by atoms with Crippen LogP contribution in [0.5, 0.6) is 5.75 Å². The maximum Gasteiger partial charge on any atom is 0.130 e. The highest BCUT2D eigenvalue weighted by Crippen LogP contribution is 2.22. The first-order valence-corrected chi connectivity index (χ1v) is 6.71. The second-order valence-corrected chi connectivity index (χ2v) is 4.30. The topological polar surface area (TPSA) is 39.1 Å². The van der Waals surface area contributed by atoms with Crippen LogP contribution in [-0.4, -0.2) is 23.2 Å². The van der Waals surface area contributed by atoms with E-state index in [0.717, 1.165) is 18.1 Å². The number of rotatable bonds is 6. The lowest BCUT2D eigenvalue weighted by Gasteiger charge is -2.18. The van der Waals surface area contributed by atoms with E-state index in [1.807, 2.05) is 38.5 Å². The zero-order valence-electron chi connectivity index (χ0n) is 11.8. The van der Waals surface area contributed by atoms with Crippen LogP contribution in [-0.2, 0) is 6.54 Å². The van der Waals surface area contributed by atoms with Crippen molar-refractivity contribution in [2.45, 2.75) is 26.4 Å². The largest absolute Gasteiger partial charge is 0.494 e. The first-order chi connectivity index (χ1) is 9.30. The maximum atomic E-state index is 5.47. The fourth-order valence-corrected chi connectivity index (χ4v) is 2.22. The van der Waals surface area contributed by atoms with Gasteiger partial charge in [0.2, 0.25) is 0 Å². The molecule has 2 rings (SSSR count). The molecule has 19 heavy (non-hydrogen) atoms. The Labute approximate surface area is 114 Å². The van der Waals surface area contributed by atoms with E-state index in [9.17, 15) is 0 Å². The van der Waals surface area contributed by atoms with Gasteiger partial charge in [-0.1, -0.05) is 12.1 Å². The van der Waals surface area contributed by atoms with Crippen molar-refractivity contribution in [1.82, 2.24) is 14.9 Å². The third kappa shape index (κ3) is 2.96. The summed E-state index contributed by atoms with van der Waals surface area (Å²) in [6.07, 6.45) is 3.85. The molecule has 1 unspecified atom stereocenters. The van der Waals surface area contributed by atoms with Crippen LogP contribution < -0.4 is 10.1 Å². The molecular formula is C15H21N3O. The monoisotopic (exact) mass is 259 g/mol. The Morgan fingerprint density at radius 2 is 2.00 bits per heavy atom. The summed E-state index contributed by atoms with van der Waals surface area (Å²) in [4.78, 5) is 4.46. The van der Waals surface area contributed by atoms with Gasteiger partial charge in [0.05, 0.1) is 12.6 Å². The lowest BCUT2D eigenvalue weighted by molar-refractivity contribution is 0.340. The molecule has 0 aliphatic heterocycles. The summed E-state index contributed by atoms with van der Waals surface area (Å²) in [5.74, 6) is 1.94. The number of nitrogens with one attached hydrogen (secondary N) is 1. The van der Waals surface area contributed by atoms with Gasteiger partial charge in [-0.3, -0.25) is 0 Å². The van der Waals surface area contributed by atoms with E-state index >= 15 is 0 Å². The van der Waals surface area contributed by atoms with E-state index in [0.29, 0.717) is 6.61 Å². The molecule has 0 aliphatic rings. The Hall–Kier alpha value is -1.81. The molecule has 0 aliphatic carbocycles. The second kappa shape index (κ2) is 6.38. The molecule has 0 saturated heterocycles. The van der Waals surface area contributed by atoms with Gasteiger partial charge in [-0.2, -0.15) is 0 Å². The molecule has 1 aromatic heterocycles. The number of benzene rings is 1. The summed E-state index contributed by atoms with van der Waals surface area (Å²) in [6, 6.07) is 8.28. The van der Waals surface area contributed by atoms with E-state index in [4.69, 9.17) is 4.74 Å². The standard InChI is InChI=1S/C15H21N3O/c1-4-18-11-10-17-15(18)14(16-3)12-6-8-13(9-7-12)19-5-2/h6-11,14,16H,4-5H2,1-3H3. The zero-order chi connectivity index (χ0) is 13.7. The zero-order valence-corrected chi connectivity index (χ0v) is 11.8. The van der Waals surface area contributed by atoms with Crippen LogP contribution in [0.1, 0.15) is 31.3 Å². The minimum atomic E-state index is 0.102. The Balaban J connectivity index is 2.26.